The Hall–Kier alpha value is -2.53. The SMILES string of the molecule is CSc1ccc(CN(C)C(=O)c2cc(C3CC3)nn2-c2ccccc2)cc1. The van der Waals surface area contributed by atoms with Gasteiger partial charge in [-0.1, -0.05) is 30.3 Å². The van der Waals surface area contributed by atoms with Gasteiger partial charge in [-0.25, -0.2) is 4.68 Å². The second-order valence-electron chi connectivity index (χ2n) is 6.99. The molecule has 0 unspecified atom stereocenters. The second kappa shape index (κ2) is 7.61. The van der Waals surface area contributed by atoms with Gasteiger partial charge in [0.2, 0.25) is 0 Å². The molecule has 1 aliphatic rings. The van der Waals surface area contributed by atoms with Crippen LogP contribution in [0.3, 0.4) is 0 Å². The van der Waals surface area contributed by atoms with Crippen LogP contribution in [0.15, 0.2) is 65.6 Å². The molecule has 3 aromatic rings. The van der Waals surface area contributed by atoms with Gasteiger partial charge in [-0.2, -0.15) is 5.10 Å². The molecule has 0 radical (unpaired) electrons. The molecule has 0 spiro atoms. The highest BCUT2D eigenvalue weighted by atomic mass is 32.2. The lowest BCUT2D eigenvalue weighted by Crippen LogP contribution is -2.28. The van der Waals surface area contributed by atoms with Gasteiger partial charge in [0, 0.05) is 24.4 Å². The van der Waals surface area contributed by atoms with E-state index in [2.05, 4.69) is 30.5 Å². The highest BCUT2D eigenvalue weighted by Gasteiger charge is 2.29. The number of thioether (sulfide) groups is 1. The van der Waals surface area contributed by atoms with Gasteiger partial charge in [0.1, 0.15) is 5.69 Å². The molecule has 0 N–H and O–H groups in total. The number of benzene rings is 2. The van der Waals surface area contributed by atoms with Crippen LogP contribution in [0.5, 0.6) is 0 Å². The normalized spacial score (nSPS) is 13.6. The second-order valence-corrected chi connectivity index (χ2v) is 7.87. The number of nitrogens with zero attached hydrogens (tertiary/aromatic N) is 3. The molecular formula is C22H23N3OS. The fraction of sp³-hybridized carbons (Fsp3) is 0.273. The van der Waals surface area contributed by atoms with E-state index in [0.717, 1.165) is 29.8 Å². The summed E-state index contributed by atoms with van der Waals surface area (Å²) in [5.74, 6) is 0.498. The number of para-hydroxylation sites is 1. The van der Waals surface area contributed by atoms with E-state index in [-0.39, 0.29) is 5.91 Å². The Morgan fingerprint density at radius 2 is 1.85 bits per heavy atom. The van der Waals surface area contributed by atoms with E-state index in [9.17, 15) is 4.79 Å². The first-order chi connectivity index (χ1) is 13.2. The van der Waals surface area contributed by atoms with Crippen LogP contribution < -0.4 is 0 Å². The predicted molar refractivity (Wildman–Crippen MR) is 110 cm³/mol. The molecule has 0 bridgehead atoms. The summed E-state index contributed by atoms with van der Waals surface area (Å²) in [5, 5.41) is 4.74. The van der Waals surface area contributed by atoms with Crippen molar-refractivity contribution in [3.8, 4) is 5.69 Å². The molecule has 2 aromatic carbocycles. The van der Waals surface area contributed by atoms with Crippen molar-refractivity contribution >= 4 is 17.7 Å². The zero-order valence-electron chi connectivity index (χ0n) is 15.6. The fourth-order valence-corrected chi connectivity index (χ4v) is 3.58. The van der Waals surface area contributed by atoms with E-state index in [1.165, 1.54) is 4.90 Å². The zero-order chi connectivity index (χ0) is 18.8. The number of hydrogen-bond donors (Lipinski definition) is 0. The lowest BCUT2D eigenvalue weighted by molar-refractivity contribution is 0.0776. The number of rotatable bonds is 6. The minimum Gasteiger partial charge on any atom is -0.336 e. The van der Waals surface area contributed by atoms with Gasteiger partial charge in [-0.05, 0) is 55.0 Å². The molecule has 1 aromatic heterocycles. The topological polar surface area (TPSA) is 38.1 Å². The number of amides is 1. The van der Waals surface area contributed by atoms with Gasteiger partial charge in [0.05, 0.1) is 11.4 Å². The molecule has 1 amide bonds. The molecule has 0 saturated heterocycles. The van der Waals surface area contributed by atoms with Crippen LogP contribution in [0.4, 0.5) is 0 Å². The monoisotopic (exact) mass is 377 g/mol. The maximum Gasteiger partial charge on any atom is 0.272 e. The van der Waals surface area contributed by atoms with Crippen LogP contribution in [0.25, 0.3) is 5.69 Å². The van der Waals surface area contributed by atoms with Gasteiger partial charge < -0.3 is 4.90 Å². The summed E-state index contributed by atoms with van der Waals surface area (Å²) >= 11 is 1.72. The summed E-state index contributed by atoms with van der Waals surface area (Å²) in [4.78, 5) is 16.2. The molecule has 0 aliphatic heterocycles. The lowest BCUT2D eigenvalue weighted by Gasteiger charge is -2.18. The van der Waals surface area contributed by atoms with Crippen molar-refractivity contribution in [2.45, 2.75) is 30.2 Å². The Bertz CT molecular complexity index is 930. The standard InChI is InChI=1S/C22H23N3OS/c1-24(15-16-8-12-19(27-2)13-9-16)22(26)21-14-20(17-10-11-17)23-25(21)18-6-4-3-5-7-18/h3-9,12-14,17H,10-11,15H2,1-2H3. The van der Waals surface area contributed by atoms with Crippen LogP contribution in [0.1, 0.15) is 40.5 Å². The van der Waals surface area contributed by atoms with Gasteiger partial charge >= 0.3 is 0 Å². The summed E-state index contributed by atoms with van der Waals surface area (Å²) in [6, 6.07) is 20.2. The molecule has 1 aliphatic carbocycles. The molecule has 4 rings (SSSR count). The molecule has 1 fully saturated rings. The molecule has 1 heterocycles. The zero-order valence-corrected chi connectivity index (χ0v) is 16.4. The molecule has 0 atom stereocenters. The summed E-state index contributed by atoms with van der Waals surface area (Å²) in [6.07, 6.45) is 4.39. The summed E-state index contributed by atoms with van der Waals surface area (Å²) in [5.41, 5.74) is 3.70. The largest absolute Gasteiger partial charge is 0.336 e. The number of aromatic nitrogens is 2. The fourth-order valence-electron chi connectivity index (χ4n) is 3.17. The van der Waals surface area contributed by atoms with Gasteiger partial charge in [0.15, 0.2) is 0 Å². The minimum atomic E-state index is -0.00723. The van der Waals surface area contributed by atoms with E-state index in [0.29, 0.717) is 18.2 Å². The van der Waals surface area contributed by atoms with Crippen molar-refractivity contribution in [1.29, 1.82) is 0 Å². The first-order valence-corrected chi connectivity index (χ1v) is 10.4. The smallest absolute Gasteiger partial charge is 0.272 e. The van der Waals surface area contributed by atoms with E-state index >= 15 is 0 Å². The Morgan fingerprint density at radius 3 is 2.48 bits per heavy atom. The van der Waals surface area contributed by atoms with Gasteiger partial charge in [0.25, 0.3) is 5.91 Å². The van der Waals surface area contributed by atoms with Crippen LogP contribution in [-0.2, 0) is 6.54 Å². The molecule has 1 saturated carbocycles. The van der Waals surface area contributed by atoms with Crippen molar-refractivity contribution in [1.82, 2.24) is 14.7 Å². The Labute approximate surface area is 164 Å². The highest BCUT2D eigenvalue weighted by Crippen LogP contribution is 2.39. The van der Waals surface area contributed by atoms with E-state index in [4.69, 9.17) is 5.10 Å². The molecule has 4 nitrogen and oxygen atoms in total. The Balaban J connectivity index is 1.60. The summed E-state index contributed by atoms with van der Waals surface area (Å²) in [7, 11) is 1.85. The average molecular weight is 378 g/mol. The van der Waals surface area contributed by atoms with Crippen LogP contribution >= 0.6 is 11.8 Å². The molecular weight excluding hydrogens is 354 g/mol. The van der Waals surface area contributed by atoms with Crippen LogP contribution in [0.2, 0.25) is 0 Å². The summed E-state index contributed by atoms with van der Waals surface area (Å²) in [6.45, 7) is 0.576. The average Bonchev–Trinajstić information content (AvgIpc) is 3.47. The van der Waals surface area contributed by atoms with E-state index in [1.807, 2.05) is 43.4 Å². The predicted octanol–water partition coefficient (Wildman–Crippen LogP) is 4.74. The summed E-state index contributed by atoms with van der Waals surface area (Å²) < 4.78 is 1.79. The Morgan fingerprint density at radius 1 is 1.15 bits per heavy atom. The molecule has 5 heteroatoms. The van der Waals surface area contributed by atoms with Crippen LogP contribution in [0, 0.1) is 0 Å². The van der Waals surface area contributed by atoms with Gasteiger partial charge in [-0.15, -0.1) is 11.8 Å². The minimum absolute atomic E-state index is 0.00723. The van der Waals surface area contributed by atoms with Crippen molar-refractivity contribution in [3.63, 3.8) is 0 Å². The van der Waals surface area contributed by atoms with Crippen molar-refractivity contribution in [2.24, 2.45) is 0 Å². The maximum absolute atomic E-state index is 13.2. The number of carbonyl (C=O) groups is 1. The maximum atomic E-state index is 13.2. The van der Waals surface area contributed by atoms with Crippen molar-refractivity contribution < 1.29 is 4.79 Å². The third kappa shape index (κ3) is 3.93. The third-order valence-corrected chi connectivity index (χ3v) is 5.61. The lowest BCUT2D eigenvalue weighted by atomic mass is 10.2. The van der Waals surface area contributed by atoms with Crippen molar-refractivity contribution in [2.75, 3.05) is 13.3 Å². The van der Waals surface area contributed by atoms with Gasteiger partial charge in [-0.3, -0.25) is 4.79 Å². The number of hydrogen-bond acceptors (Lipinski definition) is 3. The third-order valence-electron chi connectivity index (χ3n) is 4.87. The van der Waals surface area contributed by atoms with E-state index < -0.39 is 0 Å². The Kier molecular flexibility index (Phi) is 5.03. The first kappa shape index (κ1) is 17.9. The quantitative estimate of drug-likeness (QED) is 0.582. The van der Waals surface area contributed by atoms with Crippen molar-refractivity contribution in [3.05, 3.63) is 77.6 Å². The highest BCUT2D eigenvalue weighted by molar-refractivity contribution is 7.98. The number of carbonyl (C=O) groups excluding carboxylic acids is 1. The van der Waals surface area contributed by atoms with E-state index in [1.54, 1.807) is 21.3 Å². The molecule has 27 heavy (non-hydrogen) atoms. The first-order valence-electron chi connectivity index (χ1n) is 9.19. The van der Waals surface area contributed by atoms with Crippen LogP contribution in [-0.4, -0.2) is 33.9 Å². The molecule has 138 valence electrons.